The molecule has 9 heteroatoms. The fourth-order valence-corrected chi connectivity index (χ4v) is 5.38. The average molecular weight is 566 g/mol. The van der Waals surface area contributed by atoms with E-state index >= 15 is 0 Å². The second-order valence-electron chi connectivity index (χ2n) is 11.4. The van der Waals surface area contributed by atoms with Crippen molar-refractivity contribution in [3.05, 3.63) is 89.9 Å². The molecule has 4 aromatic rings. The smallest absolute Gasteiger partial charge is 0.257 e. The third-order valence-electron chi connectivity index (χ3n) is 7.64. The lowest BCUT2D eigenvalue weighted by molar-refractivity contribution is 0.0712. The Kier molecular flexibility index (Phi) is 8.56. The zero-order chi connectivity index (χ0) is 29.8. The molecule has 1 aliphatic heterocycles. The quantitative estimate of drug-likeness (QED) is 0.287. The lowest BCUT2D eigenvalue weighted by Crippen LogP contribution is -2.38. The number of benzene rings is 2. The Balaban J connectivity index is 1.24. The molecule has 2 amide bonds. The first-order chi connectivity index (χ1) is 20.2. The van der Waals surface area contributed by atoms with Gasteiger partial charge in [-0.2, -0.15) is 5.10 Å². The normalized spacial score (nSPS) is 13.7. The van der Waals surface area contributed by atoms with Crippen LogP contribution in [0, 0.1) is 0 Å². The number of nitrogens with zero attached hydrogens (tertiary/aromatic N) is 5. The Bertz CT molecular complexity index is 1530. The molecule has 218 valence electrons. The summed E-state index contributed by atoms with van der Waals surface area (Å²) in [5.74, 6) is 0.834. The highest BCUT2D eigenvalue weighted by Crippen LogP contribution is 2.32. The van der Waals surface area contributed by atoms with Crippen molar-refractivity contribution in [3.8, 4) is 11.1 Å². The topological polar surface area (TPSA) is 95.4 Å². The van der Waals surface area contributed by atoms with Gasteiger partial charge in [-0.05, 0) is 74.1 Å². The van der Waals surface area contributed by atoms with Crippen LogP contribution in [0.2, 0.25) is 0 Å². The van der Waals surface area contributed by atoms with Crippen molar-refractivity contribution in [1.29, 1.82) is 0 Å². The second-order valence-corrected chi connectivity index (χ2v) is 11.4. The summed E-state index contributed by atoms with van der Waals surface area (Å²) in [6, 6.07) is 18.0. The molecule has 2 aromatic heterocycles. The predicted molar refractivity (Wildman–Crippen MR) is 168 cm³/mol. The number of hydrogen-bond acceptors (Lipinski definition) is 6. The Morgan fingerprint density at radius 1 is 0.929 bits per heavy atom. The highest BCUT2D eigenvalue weighted by atomic mass is 16.2. The second kappa shape index (κ2) is 12.5. The summed E-state index contributed by atoms with van der Waals surface area (Å²) < 4.78 is 1.81. The third-order valence-corrected chi connectivity index (χ3v) is 7.64. The minimum absolute atomic E-state index is 0.0213. The average Bonchev–Trinajstić information content (AvgIpc) is 3.43. The monoisotopic (exact) mass is 565 g/mol. The molecule has 0 radical (unpaired) electrons. The van der Waals surface area contributed by atoms with E-state index < -0.39 is 0 Å². The maximum Gasteiger partial charge on any atom is 0.257 e. The minimum atomic E-state index is -0.276. The summed E-state index contributed by atoms with van der Waals surface area (Å²) in [7, 11) is 5.74. The number of piperidine rings is 1. The van der Waals surface area contributed by atoms with Crippen molar-refractivity contribution in [1.82, 2.24) is 19.7 Å². The van der Waals surface area contributed by atoms with E-state index in [0.29, 0.717) is 41.6 Å². The van der Waals surface area contributed by atoms with Gasteiger partial charge in [0, 0.05) is 63.8 Å². The molecule has 9 nitrogen and oxygen atoms in total. The van der Waals surface area contributed by atoms with Gasteiger partial charge in [0.25, 0.3) is 11.8 Å². The molecule has 1 saturated heterocycles. The van der Waals surface area contributed by atoms with Gasteiger partial charge in [0.05, 0.1) is 23.1 Å². The van der Waals surface area contributed by atoms with Crippen molar-refractivity contribution >= 4 is 29.0 Å². The Labute approximate surface area is 247 Å². The van der Waals surface area contributed by atoms with Crippen LogP contribution in [-0.4, -0.2) is 64.7 Å². The van der Waals surface area contributed by atoms with E-state index in [2.05, 4.69) is 45.0 Å². The number of aromatic nitrogens is 3. The van der Waals surface area contributed by atoms with Gasteiger partial charge < -0.3 is 20.4 Å². The van der Waals surface area contributed by atoms with Crippen molar-refractivity contribution in [3.63, 3.8) is 0 Å². The Hall–Kier alpha value is -4.66. The van der Waals surface area contributed by atoms with Crippen molar-refractivity contribution in [2.24, 2.45) is 7.05 Å². The van der Waals surface area contributed by atoms with E-state index in [-0.39, 0.29) is 17.9 Å². The molecule has 42 heavy (non-hydrogen) atoms. The number of carbonyl (C=O) groups excluding carboxylic acids is 2. The molecule has 0 aliphatic carbocycles. The van der Waals surface area contributed by atoms with Gasteiger partial charge in [0.15, 0.2) is 0 Å². The molecule has 3 heterocycles. The largest absolute Gasteiger partial charge is 0.376 e. The summed E-state index contributed by atoms with van der Waals surface area (Å²) in [4.78, 5) is 34.8. The molecule has 2 aromatic carbocycles. The summed E-state index contributed by atoms with van der Waals surface area (Å²) >= 11 is 0. The highest BCUT2D eigenvalue weighted by Gasteiger charge is 2.25. The summed E-state index contributed by atoms with van der Waals surface area (Å²) in [6.45, 7) is 5.44. The summed E-state index contributed by atoms with van der Waals surface area (Å²) in [5.41, 5.74) is 5.97. The van der Waals surface area contributed by atoms with E-state index in [1.807, 2.05) is 74.0 Å². The molecular weight excluding hydrogens is 526 g/mol. The fourth-order valence-electron chi connectivity index (χ4n) is 5.38. The molecular formula is C33H39N7O2. The van der Waals surface area contributed by atoms with Gasteiger partial charge in [-0.3, -0.25) is 14.3 Å². The number of pyridine rings is 1. The van der Waals surface area contributed by atoms with E-state index in [1.165, 1.54) is 5.56 Å². The third kappa shape index (κ3) is 6.62. The number of nitrogens with one attached hydrogen (secondary N) is 2. The maximum atomic E-state index is 13.5. The van der Waals surface area contributed by atoms with E-state index in [1.54, 1.807) is 24.4 Å². The van der Waals surface area contributed by atoms with Crippen LogP contribution in [0.1, 0.15) is 58.9 Å². The molecule has 0 bridgehead atoms. The van der Waals surface area contributed by atoms with Crippen LogP contribution in [0.3, 0.4) is 0 Å². The standard InChI is InChI=1S/C33H39N7O2/c1-22(2)36-31-13-11-27(19-34-31)32(41)37-29-18-26(10-12-30(29)38(3)4)33(42)40-16-14-25(15-17-40)23-6-8-24(9-7-23)28-20-35-39(5)21-28/h6-13,18-22,25H,14-17H2,1-5H3,(H,34,36)(H,37,41). The molecule has 0 atom stereocenters. The lowest BCUT2D eigenvalue weighted by atomic mass is 9.88. The van der Waals surface area contributed by atoms with Crippen molar-refractivity contribution < 1.29 is 9.59 Å². The summed E-state index contributed by atoms with van der Waals surface area (Å²) in [6.07, 6.45) is 7.26. The van der Waals surface area contributed by atoms with Crippen LogP contribution in [0.25, 0.3) is 11.1 Å². The number of likely N-dealkylation sites (tertiary alicyclic amines) is 1. The van der Waals surface area contributed by atoms with Gasteiger partial charge in [-0.1, -0.05) is 24.3 Å². The van der Waals surface area contributed by atoms with E-state index in [9.17, 15) is 9.59 Å². The number of aryl methyl sites for hydroxylation is 1. The predicted octanol–water partition coefficient (Wildman–Crippen LogP) is 5.64. The molecule has 0 saturated carbocycles. The van der Waals surface area contributed by atoms with Crippen LogP contribution >= 0.6 is 0 Å². The van der Waals surface area contributed by atoms with Crippen LogP contribution in [0.5, 0.6) is 0 Å². The van der Waals surface area contributed by atoms with Gasteiger partial charge >= 0.3 is 0 Å². The van der Waals surface area contributed by atoms with Crippen LogP contribution in [0.4, 0.5) is 17.2 Å². The number of anilines is 3. The zero-order valence-corrected chi connectivity index (χ0v) is 25.0. The van der Waals surface area contributed by atoms with Gasteiger partial charge in [0.1, 0.15) is 5.82 Å². The molecule has 1 aliphatic rings. The first-order valence-corrected chi connectivity index (χ1v) is 14.4. The number of carbonyl (C=O) groups is 2. The Morgan fingerprint density at radius 3 is 2.24 bits per heavy atom. The number of hydrogen-bond donors (Lipinski definition) is 2. The molecule has 0 unspecified atom stereocenters. The molecule has 1 fully saturated rings. The first-order valence-electron chi connectivity index (χ1n) is 14.4. The Morgan fingerprint density at radius 2 is 1.64 bits per heavy atom. The SMILES string of the molecule is CC(C)Nc1ccc(C(=O)Nc2cc(C(=O)N3CCC(c4ccc(-c5cnn(C)c5)cc4)CC3)ccc2N(C)C)cn1. The van der Waals surface area contributed by atoms with E-state index in [4.69, 9.17) is 0 Å². The molecule has 5 rings (SSSR count). The summed E-state index contributed by atoms with van der Waals surface area (Å²) in [5, 5.41) is 10.5. The maximum absolute atomic E-state index is 13.5. The minimum Gasteiger partial charge on any atom is -0.376 e. The van der Waals surface area contributed by atoms with Crippen LogP contribution in [-0.2, 0) is 7.05 Å². The number of amides is 2. The first kappa shape index (κ1) is 28.9. The van der Waals surface area contributed by atoms with Crippen molar-refractivity contribution in [2.75, 3.05) is 42.7 Å². The molecule has 2 N–H and O–H groups in total. The van der Waals surface area contributed by atoms with Crippen LogP contribution in [0.15, 0.2) is 73.2 Å². The highest BCUT2D eigenvalue weighted by molar-refractivity contribution is 6.07. The van der Waals surface area contributed by atoms with Gasteiger partial charge in [0.2, 0.25) is 0 Å². The number of rotatable bonds is 8. The van der Waals surface area contributed by atoms with Gasteiger partial charge in [-0.15, -0.1) is 0 Å². The fraction of sp³-hybridized carbons (Fsp3) is 0.333. The molecule has 0 spiro atoms. The lowest BCUT2D eigenvalue weighted by Gasteiger charge is -2.32. The van der Waals surface area contributed by atoms with E-state index in [0.717, 1.165) is 29.7 Å². The zero-order valence-electron chi connectivity index (χ0n) is 25.0. The van der Waals surface area contributed by atoms with Crippen LogP contribution < -0.4 is 15.5 Å². The van der Waals surface area contributed by atoms with Gasteiger partial charge in [-0.25, -0.2) is 4.98 Å². The van der Waals surface area contributed by atoms with Crippen molar-refractivity contribution in [2.45, 2.75) is 38.6 Å².